The second-order valence-electron chi connectivity index (χ2n) is 11.2. The minimum atomic E-state index is -3.50. The number of morpholine rings is 2. The van der Waals surface area contributed by atoms with E-state index in [1.807, 2.05) is 0 Å². The minimum absolute atomic E-state index is 0.224. The van der Waals surface area contributed by atoms with Crippen LogP contribution in [0.5, 0.6) is 0 Å². The van der Waals surface area contributed by atoms with Crippen LogP contribution in [0.1, 0.15) is 31.8 Å². The molecule has 2 aromatic carbocycles. The van der Waals surface area contributed by atoms with Crippen molar-refractivity contribution in [2.24, 2.45) is 0 Å². The number of rotatable bonds is 10. The molecule has 2 saturated heterocycles. The van der Waals surface area contributed by atoms with Gasteiger partial charge in [-0.25, -0.2) is 16.8 Å². The van der Waals surface area contributed by atoms with Crippen molar-refractivity contribution in [2.45, 2.75) is 22.9 Å². The molecule has 14 nitrogen and oxygen atoms in total. The summed E-state index contributed by atoms with van der Waals surface area (Å²) in [6.45, 7) is 3.75. The van der Waals surface area contributed by atoms with Gasteiger partial charge in [-0.3, -0.25) is 19.6 Å². The van der Waals surface area contributed by atoms with Crippen LogP contribution in [0.2, 0.25) is 0 Å². The van der Waals surface area contributed by atoms with Crippen LogP contribution in [0, 0.1) is 0 Å². The Balaban J connectivity index is 0.000000194. The number of hydrogen-bond donors (Lipinski definition) is 2. The highest BCUT2D eigenvalue weighted by Gasteiger charge is 2.27. The fraction of sp³-hybridized carbons (Fsp3) is 0.294. The third kappa shape index (κ3) is 9.77. The van der Waals surface area contributed by atoms with Crippen LogP contribution in [-0.2, 0) is 42.6 Å². The first-order valence-electron chi connectivity index (χ1n) is 15.8. The highest BCUT2D eigenvalue weighted by Crippen LogP contribution is 2.19. The van der Waals surface area contributed by atoms with Gasteiger partial charge >= 0.3 is 0 Å². The molecule has 2 N–H and O–H groups in total. The normalized spacial score (nSPS) is 15.7. The third-order valence-electron chi connectivity index (χ3n) is 7.82. The van der Waals surface area contributed by atoms with Crippen LogP contribution in [0.25, 0.3) is 0 Å². The predicted molar refractivity (Wildman–Crippen MR) is 183 cm³/mol. The number of nitrogens with zero attached hydrogens (tertiary/aromatic N) is 4. The molecule has 0 bridgehead atoms. The van der Waals surface area contributed by atoms with Gasteiger partial charge in [-0.1, -0.05) is 24.3 Å². The maximum absolute atomic E-state index is 12.5. The van der Waals surface area contributed by atoms with Gasteiger partial charge in [0.15, 0.2) is 0 Å². The first-order chi connectivity index (χ1) is 24.1. The second-order valence-corrected chi connectivity index (χ2v) is 15.0. The zero-order valence-corrected chi connectivity index (χ0v) is 28.8. The van der Waals surface area contributed by atoms with Crippen LogP contribution in [0.3, 0.4) is 0 Å². The fourth-order valence-corrected chi connectivity index (χ4v) is 7.81. The van der Waals surface area contributed by atoms with E-state index in [9.17, 15) is 26.4 Å². The summed E-state index contributed by atoms with van der Waals surface area (Å²) in [6.07, 6.45) is 6.19. The van der Waals surface area contributed by atoms with Gasteiger partial charge in [0.2, 0.25) is 20.0 Å². The molecule has 0 radical (unpaired) electrons. The van der Waals surface area contributed by atoms with Gasteiger partial charge in [0.25, 0.3) is 11.8 Å². The Morgan fingerprint density at radius 1 is 0.580 bits per heavy atom. The molecule has 50 heavy (non-hydrogen) atoms. The van der Waals surface area contributed by atoms with Crippen LogP contribution >= 0.6 is 0 Å². The average molecular weight is 723 g/mol. The summed E-state index contributed by atoms with van der Waals surface area (Å²) < 4.78 is 63.4. The molecule has 2 aliphatic heterocycles. The molecule has 0 saturated carbocycles. The van der Waals surface area contributed by atoms with Gasteiger partial charge in [-0.2, -0.15) is 8.61 Å². The van der Waals surface area contributed by atoms with Crippen LogP contribution in [0.15, 0.2) is 107 Å². The van der Waals surface area contributed by atoms with Crippen LogP contribution < -0.4 is 10.6 Å². The SMILES string of the molecule is O=C(NCc1ccc(S(=O)(=O)N2CCOCC2)cc1)c1cccnc1.O=C(NCc1ccc(S(=O)(=O)N2CCOCC2)cc1)c1cccnc1. The molecule has 0 spiro atoms. The van der Waals surface area contributed by atoms with E-state index in [1.165, 1.54) is 21.0 Å². The number of ether oxygens (including phenoxy) is 2. The van der Waals surface area contributed by atoms with Crippen molar-refractivity contribution >= 4 is 31.9 Å². The minimum Gasteiger partial charge on any atom is -0.379 e. The number of aromatic nitrogens is 2. The molecule has 0 aliphatic carbocycles. The van der Waals surface area contributed by atoms with Crippen LogP contribution in [-0.4, -0.2) is 99.8 Å². The van der Waals surface area contributed by atoms with E-state index in [0.717, 1.165) is 11.1 Å². The highest BCUT2D eigenvalue weighted by atomic mass is 32.2. The molecule has 2 aromatic heterocycles. The quantitative estimate of drug-likeness (QED) is 0.246. The zero-order chi connectivity index (χ0) is 35.4. The molecule has 6 rings (SSSR count). The standard InChI is InChI=1S/2C17H19N3O4S/c2*21-17(15-2-1-7-18-13-15)19-12-14-3-5-16(6-4-14)25(22,23)20-8-10-24-11-9-20/h2*1-7,13H,8-12H2,(H,19,21). The molecule has 4 heterocycles. The van der Waals surface area contributed by atoms with Gasteiger partial charge < -0.3 is 20.1 Å². The Morgan fingerprint density at radius 3 is 1.26 bits per heavy atom. The maximum atomic E-state index is 12.5. The number of hydrogen-bond acceptors (Lipinski definition) is 10. The monoisotopic (exact) mass is 722 g/mol. The Bertz CT molecular complexity index is 1780. The first-order valence-corrected chi connectivity index (χ1v) is 18.7. The van der Waals surface area contributed by atoms with Crippen molar-refractivity contribution in [2.75, 3.05) is 52.6 Å². The Morgan fingerprint density at radius 2 is 0.940 bits per heavy atom. The summed E-state index contributed by atoms with van der Waals surface area (Å²) in [7, 11) is -6.99. The summed E-state index contributed by atoms with van der Waals surface area (Å²) in [5, 5.41) is 5.56. The molecule has 264 valence electrons. The Kier molecular flexibility index (Phi) is 12.8. The number of carbonyl (C=O) groups excluding carboxylic acids is 2. The van der Waals surface area contributed by atoms with E-state index in [1.54, 1.807) is 85.2 Å². The molecular weight excluding hydrogens is 685 g/mol. The molecule has 0 atom stereocenters. The molecular formula is C34H38N6O8S2. The van der Waals surface area contributed by atoms with Gasteiger partial charge in [0.05, 0.1) is 47.3 Å². The smallest absolute Gasteiger partial charge is 0.253 e. The molecule has 2 amide bonds. The Labute approximate surface area is 291 Å². The summed E-state index contributed by atoms with van der Waals surface area (Å²) in [6, 6.07) is 19.8. The van der Waals surface area contributed by atoms with Crippen molar-refractivity contribution in [3.8, 4) is 0 Å². The van der Waals surface area contributed by atoms with Gasteiger partial charge in [-0.15, -0.1) is 0 Å². The average Bonchev–Trinajstić information content (AvgIpc) is 3.18. The van der Waals surface area contributed by atoms with Gasteiger partial charge in [0.1, 0.15) is 0 Å². The van der Waals surface area contributed by atoms with Crippen molar-refractivity contribution < 1.29 is 35.9 Å². The van der Waals surface area contributed by atoms with E-state index in [4.69, 9.17) is 9.47 Å². The fourth-order valence-electron chi connectivity index (χ4n) is 4.99. The lowest BCUT2D eigenvalue weighted by Crippen LogP contribution is -2.40. The first kappa shape index (κ1) is 36.7. The summed E-state index contributed by atoms with van der Waals surface area (Å²) in [5.41, 5.74) is 2.60. The van der Waals surface area contributed by atoms with Gasteiger partial charge in [-0.05, 0) is 59.7 Å². The van der Waals surface area contributed by atoms with Crippen molar-refractivity contribution in [1.29, 1.82) is 0 Å². The number of amides is 2. The largest absolute Gasteiger partial charge is 0.379 e. The number of benzene rings is 2. The summed E-state index contributed by atoms with van der Waals surface area (Å²) in [4.78, 5) is 32.3. The topological polar surface area (TPSA) is 177 Å². The summed E-state index contributed by atoms with van der Waals surface area (Å²) >= 11 is 0. The number of nitrogens with one attached hydrogen (secondary N) is 2. The third-order valence-corrected chi connectivity index (χ3v) is 11.6. The zero-order valence-electron chi connectivity index (χ0n) is 27.2. The predicted octanol–water partition coefficient (Wildman–Crippen LogP) is 2.07. The lowest BCUT2D eigenvalue weighted by Gasteiger charge is -2.26. The van der Waals surface area contributed by atoms with Crippen molar-refractivity contribution in [3.05, 3.63) is 120 Å². The lowest BCUT2D eigenvalue weighted by molar-refractivity contribution is 0.0730. The van der Waals surface area contributed by atoms with E-state index in [0.29, 0.717) is 76.8 Å². The number of carbonyl (C=O) groups is 2. The van der Waals surface area contributed by atoms with E-state index in [-0.39, 0.29) is 21.6 Å². The molecule has 4 aromatic rings. The lowest BCUT2D eigenvalue weighted by atomic mass is 10.2. The Hall–Kier alpha value is -4.58. The van der Waals surface area contributed by atoms with E-state index < -0.39 is 20.0 Å². The second kappa shape index (κ2) is 17.4. The van der Waals surface area contributed by atoms with E-state index in [2.05, 4.69) is 20.6 Å². The molecule has 2 fully saturated rings. The maximum Gasteiger partial charge on any atom is 0.253 e. The van der Waals surface area contributed by atoms with Gasteiger partial charge in [0, 0.05) is 64.1 Å². The molecule has 2 aliphatic rings. The number of pyridine rings is 2. The van der Waals surface area contributed by atoms with Crippen molar-refractivity contribution in [1.82, 2.24) is 29.2 Å². The van der Waals surface area contributed by atoms with Crippen molar-refractivity contribution in [3.63, 3.8) is 0 Å². The summed E-state index contributed by atoms with van der Waals surface area (Å²) in [5.74, 6) is -0.448. The molecule has 0 unspecified atom stereocenters. The molecule has 16 heteroatoms. The highest BCUT2D eigenvalue weighted by molar-refractivity contribution is 7.89. The van der Waals surface area contributed by atoms with E-state index >= 15 is 0 Å². The van der Waals surface area contributed by atoms with Crippen LogP contribution in [0.4, 0.5) is 0 Å². The number of sulfonamides is 2.